The summed E-state index contributed by atoms with van der Waals surface area (Å²) < 4.78 is 43.7. The lowest BCUT2D eigenvalue weighted by atomic mass is 9.88. The van der Waals surface area contributed by atoms with Crippen molar-refractivity contribution in [1.82, 2.24) is 19.7 Å². The van der Waals surface area contributed by atoms with Crippen LogP contribution in [0.1, 0.15) is 55.2 Å². The molecule has 0 radical (unpaired) electrons. The topological polar surface area (TPSA) is 45.1 Å². The van der Waals surface area contributed by atoms with Gasteiger partial charge in [0.25, 0.3) is 0 Å². The Morgan fingerprint density at radius 3 is 2.61 bits per heavy atom. The van der Waals surface area contributed by atoms with Crippen molar-refractivity contribution in [3.8, 4) is 11.3 Å². The monoisotopic (exact) mass is 426 g/mol. The van der Waals surface area contributed by atoms with Crippen molar-refractivity contribution in [2.24, 2.45) is 0 Å². The number of benzene rings is 1. The molecule has 4 heterocycles. The highest BCUT2D eigenvalue weighted by atomic mass is 19.4. The Kier molecular flexibility index (Phi) is 4.81. The highest BCUT2D eigenvalue weighted by molar-refractivity contribution is 5.92. The number of nitrogens with zero attached hydrogens (tertiary/aromatic N) is 2. The fraction of sp³-hybridized carbons (Fsp3) is 0.375. The van der Waals surface area contributed by atoms with Crippen molar-refractivity contribution in [3.63, 3.8) is 0 Å². The van der Waals surface area contributed by atoms with E-state index < -0.39 is 11.7 Å². The third kappa shape index (κ3) is 3.51. The van der Waals surface area contributed by atoms with E-state index >= 15 is 0 Å². The van der Waals surface area contributed by atoms with Crippen molar-refractivity contribution in [2.45, 2.75) is 44.7 Å². The van der Waals surface area contributed by atoms with E-state index in [1.54, 1.807) is 10.6 Å². The number of aromatic nitrogens is 3. The molecular formula is C24H25F3N4. The Labute approximate surface area is 178 Å². The van der Waals surface area contributed by atoms with Crippen molar-refractivity contribution < 1.29 is 13.2 Å². The molecule has 1 saturated heterocycles. The molecule has 0 atom stereocenters. The lowest BCUT2D eigenvalue weighted by Crippen LogP contribution is -2.26. The van der Waals surface area contributed by atoms with Gasteiger partial charge < -0.3 is 14.7 Å². The number of nitrogens with one attached hydrogen (secondary N) is 2. The SMILES string of the molecule is CC(C)c1c(-c2cn3ccnc3cc2C(F)(F)F)[nH]c2ccc(C3CCNCC3)cc12. The Morgan fingerprint density at radius 1 is 1.13 bits per heavy atom. The molecule has 1 aromatic carbocycles. The predicted octanol–water partition coefficient (Wildman–Crippen LogP) is 6.09. The molecule has 0 saturated carbocycles. The molecule has 4 aromatic rings. The van der Waals surface area contributed by atoms with Crippen molar-refractivity contribution in [2.75, 3.05) is 13.1 Å². The molecule has 162 valence electrons. The molecule has 0 spiro atoms. The molecule has 0 unspecified atom stereocenters. The van der Waals surface area contributed by atoms with Crippen LogP contribution in [0.3, 0.4) is 0 Å². The minimum atomic E-state index is -4.48. The zero-order valence-electron chi connectivity index (χ0n) is 17.6. The molecule has 0 bridgehead atoms. The first-order valence-corrected chi connectivity index (χ1v) is 10.7. The van der Waals surface area contributed by atoms with Gasteiger partial charge in [0.15, 0.2) is 0 Å². The lowest BCUT2D eigenvalue weighted by Gasteiger charge is -2.23. The summed E-state index contributed by atoms with van der Waals surface area (Å²) in [6.07, 6.45) is 2.40. The summed E-state index contributed by atoms with van der Waals surface area (Å²) in [5.41, 5.74) is 3.37. The summed E-state index contributed by atoms with van der Waals surface area (Å²) in [6, 6.07) is 7.45. The minimum Gasteiger partial charge on any atom is -0.354 e. The number of halogens is 3. The van der Waals surface area contributed by atoms with E-state index in [4.69, 9.17) is 0 Å². The number of pyridine rings is 1. The van der Waals surface area contributed by atoms with E-state index in [1.165, 1.54) is 18.0 Å². The lowest BCUT2D eigenvalue weighted by molar-refractivity contribution is -0.137. The van der Waals surface area contributed by atoms with Crippen LogP contribution in [-0.2, 0) is 6.18 Å². The average molecular weight is 426 g/mol. The Balaban J connectivity index is 1.74. The maximum atomic E-state index is 14.0. The molecule has 7 heteroatoms. The maximum Gasteiger partial charge on any atom is 0.417 e. The fourth-order valence-electron chi connectivity index (χ4n) is 4.85. The van der Waals surface area contributed by atoms with Crippen LogP contribution in [-0.4, -0.2) is 27.5 Å². The Hall–Kier alpha value is -2.80. The summed E-state index contributed by atoms with van der Waals surface area (Å²) in [4.78, 5) is 7.35. The van der Waals surface area contributed by atoms with Gasteiger partial charge in [-0.1, -0.05) is 19.9 Å². The van der Waals surface area contributed by atoms with E-state index in [9.17, 15) is 13.2 Å². The number of fused-ring (bicyclic) bond motifs is 2. The molecule has 5 rings (SSSR count). The van der Waals surface area contributed by atoms with Gasteiger partial charge in [-0.2, -0.15) is 13.2 Å². The second kappa shape index (κ2) is 7.41. The smallest absolute Gasteiger partial charge is 0.354 e. The quantitative estimate of drug-likeness (QED) is 0.416. The molecule has 2 N–H and O–H groups in total. The van der Waals surface area contributed by atoms with Crippen LogP contribution in [0.4, 0.5) is 13.2 Å². The number of H-pyrrole nitrogens is 1. The largest absolute Gasteiger partial charge is 0.417 e. The number of hydrogen-bond donors (Lipinski definition) is 2. The van der Waals surface area contributed by atoms with E-state index in [1.807, 2.05) is 19.9 Å². The van der Waals surface area contributed by atoms with Crippen molar-refractivity contribution in [1.29, 1.82) is 0 Å². The first-order chi connectivity index (χ1) is 14.8. The summed E-state index contributed by atoms with van der Waals surface area (Å²) in [7, 11) is 0. The summed E-state index contributed by atoms with van der Waals surface area (Å²) in [5, 5.41) is 4.40. The highest BCUT2D eigenvalue weighted by Crippen LogP contribution is 2.43. The van der Waals surface area contributed by atoms with Crippen LogP contribution < -0.4 is 5.32 Å². The summed E-state index contributed by atoms with van der Waals surface area (Å²) in [5.74, 6) is 0.545. The number of imidazole rings is 1. The fourth-order valence-corrected chi connectivity index (χ4v) is 4.85. The first kappa shape index (κ1) is 20.1. The molecule has 1 aliphatic heterocycles. The third-order valence-corrected chi connectivity index (χ3v) is 6.36. The van der Waals surface area contributed by atoms with Gasteiger partial charge in [0, 0.05) is 35.1 Å². The van der Waals surface area contributed by atoms with Crippen LogP contribution in [0.2, 0.25) is 0 Å². The highest BCUT2D eigenvalue weighted by Gasteiger charge is 2.36. The van der Waals surface area contributed by atoms with Crippen LogP contribution in [0.25, 0.3) is 27.8 Å². The molecule has 0 amide bonds. The molecule has 1 fully saturated rings. The number of rotatable bonds is 3. The predicted molar refractivity (Wildman–Crippen MR) is 116 cm³/mol. The number of hydrogen-bond acceptors (Lipinski definition) is 2. The van der Waals surface area contributed by atoms with Gasteiger partial charge in [0.2, 0.25) is 0 Å². The van der Waals surface area contributed by atoms with Gasteiger partial charge in [-0.25, -0.2) is 4.98 Å². The first-order valence-electron chi connectivity index (χ1n) is 10.7. The van der Waals surface area contributed by atoms with Gasteiger partial charge in [0.05, 0.1) is 11.3 Å². The van der Waals surface area contributed by atoms with Crippen LogP contribution >= 0.6 is 0 Å². The number of aromatic amines is 1. The Bertz CT molecular complexity index is 1240. The zero-order valence-corrected chi connectivity index (χ0v) is 17.6. The average Bonchev–Trinajstić information content (AvgIpc) is 3.36. The molecule has 1 aliphatic rings. The molecular weight excluding hydrogens is 401 g/mol. The van der Waals surface area contributed by atoms with Gasteiger partial charge in [0.1, 0.15) is 5.65 Å². The zero-order chi connectivity index (χ0) is 21.8. The van der Waals surface area contributed by atoms with Gasteiger partial charge >= 0.3 is 6.18 Å². The van der Waals surface area contributed by atoms with Gasteiger partial charge in [-0.05, 0) is 67.1 Å². The minimum absolute atomic E-state index is 0.0617. The molecule has 4 nitrogen and oxygen atoms in total. The van der Waals surface area contributed by atoms with E-state index in [2.05, 4.69) is 27.4 Å². The standard InChI is InChI=1S/C24H25F3N4/c1-14(2)22-17-11-16(15-5-7-28-8-6-15)3-4-20(17)30-23(22)18-13-31-10-9-29-21(31)12-19(18)24(25,26)27/h3-4,9-15,28,30H,5-8H2,1-2H3. The third-order valence-electron chi connectivity index (χ3n) is 6.36. The number of piperidine rings is 1. The Morgan fingerprint density at radius 2 is 1.90 bits per heavy atom. The van der Waals surface area contributed by atoms with E-state index in [-0.39, 0.29) is 17.1 Å². The molecule has 31 heavy (non-hydrogen) atoms. The van der Waals surface area contributed by atoms with E-state index in [0.29, 0.717) is 11.6 Å². The van der Waals surface area contributed by atoms with E-state index in [0.717, 1.165) is 48.5 Å². The summed E-state index contributed by atoms with van der Waals surface area (Å²) in [6.45, 7) is 6.06. The molecule has 0 aliphatic carbocycles. The maximum absolute atomic E-state index is 14.0. The van der Waals surface area contributed by atoms with Crippen molar-refractivity contribution in [3.05, 3.63) is 59.5 Å². The second-order valence-electron chi connectivity index (χ2n) is 8.69. The van der Waals surface area contributed by atoms with Crippen LogP contribution in [0, 0.1) is 0 Å². The van der Waals surface area contributed by atoms with Crippen molar-refractivity contribution >= 4 is 16.6 Å². The van der Waals surface area contributed by atoms with Gasteiger partial charge in [-0.15, -0.1) is 0 Å². The van der Waals surface area contributed by atoms with Gasteiger partial charge in [-0.3, -0.25) is 0 Å². The van der Waals surface area contributed by atoms with Crippen LogP contribution in [0.15, 0.2) is 42.9 Å². The second-order valence-corrected chi connectivity index (χ2v) is 8.69. The van der Waals surface area contributed by atoms with Crippen LogP contribution in [0.5, 0.6) is 0 Å². The molecule has 3 aromatic heterocycles. The summed E-state index contributed by atoms with van der Waals surface area (Å²) >= 11 is 0. The normalized spacial score (nSPS) is 16.1. The number of alkyl halides is 3.